The number of nitrogens with zero attached hydrogens (tertiary/aromatic N) is 2. The summed E-state index contributed by atoms with van der Waals surface area (Å²) in [7, 11) is -3.01. The molecular formula is C16H20N2O3S2. The summed E-state index contributed by atoms with van der Waals surface area (Å²) >= 11 is 1.42. The van der Waals surface area contributed by atoms with Crippen molar-refractivity contribution in [1.82, 2.24) is 0 Å². The van der Waals surface area contributed by atoms with E-state index < -0.39 is 9.84 Å². The van der Waals surface area contributed by atoms with Crippen molar-refractivity contribution < 1.29 is 13.2 Å². The second-order valence-electron chi connectivity index (χ2n) is 5.90. The van der Waals surface area contributed by atoms with Crippen LogP contribution >= 0.6 is 11.8 Å². The Morgan fingerprint density at radius 1 is 1.30 bits per heavy atom. The average molecular weight is 352 g/mol. The topological polar surface area (TPSA) is 66.8 Å². The number of hydrogen-bond acceptors (Lipinski definition) is 4. The fourth-order valence-corrected chi connectivity index (χ4v) is 6.88. The molecule has 2 unspecified atom stereocenters. The van der Waals surface area contributed by atoms with Crippen LogP contribution in [0, 0.1) is 0 Å². The van der Waals surface area contributed by atoms with Crippen molar-refractivity contribution in [3.63, 3.8) is 0 Å². The zero-order chi connectivity index (χ0) is 16.4. The molecule has 0 aliphatic carbocycles. The maximum Gasteiger partial charge on any atom is 0.248 e. The Morgan fingerprint density at radius 2 is 2.04 bits per heavy atom. The molecule has 5 nitrogen and oxygen atoms in total. The van der Waals surface area contributed by atoms with Crippen molar-refractivity contribution in [3.8, 4) is 0 Å². The van der Waals surface area contributed by atoms with Crippen LogP contribution in [0.4, 0.5) is 5.69 Å². The monoisotopic (exact) mass is 352 g/mol. The molecular weight excluding hydrogens is 332 g/mol. The summed E-state index contributed by atoms with van der Waals surface area (Å²) in [6.07, 6.45) is 2.22. The smallest absolute Gasteiger partial charge is 0.248 e. The van der Waals surface area contributed by atoms with Crippen molar-refractivity contribution in [3.05, 3.63) is 30.3 Å². The summed E-state index contributed by atoms with van der Waals surface area (Å²) in [6, 6.07) is 9.46. The first kappa shape index (κ1) is 16.5. The number of carbonyl (C=O) groups is 1. The Bertz CT molecular complexity index is 716. The molecule has 3 rings (SSSR count). The molecule has 124 valence electrons. The molecule has 2 saturated heterocycles. The molecule has 2 fully saturated rings. The lowest BCUT2D eigenvalue weighted by Gasteiger charge is -2.24. The highest BCUT2D eigenvalue weighted by Gasteiger charge is 2.49. The lowest BCUT2D eigenvalue weighted by Crippen LogP contribution is -2.37. The van der Waals surface area contributed by atoms with Crippen molar-refractivity contribution in [2.24, 2.45) is 4.99 Å². The normalized spacial score (nSPS) is 27.3. The van der Waals surface area contributed by atoms with Crippen LogP contribution in [0.3, 0.4) is 0 Å². The third-order valence-electron chi connectivity index (χ3n) is 4.07. The van der Waals surface area contributed by atoms with Crippen LogP contribution in [0.25, 0.3) is 0 Å². The van der Waals surface area contributed by atoms with Gasteiger partial charge in [-0.15, -0.1) is 0 Å². The lowest BCUT2D eigenvalue weighted by atomic mass is 10.2. The van der Waals surface area contributed by atoms with Crippen molar-refractivity contribution in [2.75, 3.05) is 16.4 Å². The van der Waals surface area contributed by atoms with E-state index in [4.69, 9.17) is 0 Å². The molecule has 0 saturated carbocycles. The van der Waals surface area contributed by atoms with Crippen LogP contribution in [0.5, 0.6) is 0 Å². The van der Waals surface area contributed by atoms with Gasteiger partial charge in [0.1, 0.15) is 0 Å². The van der Waals surface area contributed by atoms with Gasteiger partial charge in [-0.05, 0) is 18.6 Å². The minimum Gasteiger partial charge on any atom is -0.316 e. The number of benzene rings is 1. The summed E-state index contributed by atoms with van der Waals surface area (Å²) in [5.41, 5.74) is 0.895. The van der Waals surface area contributed by atoms with E-state index >= 15 is 0 Å². The predicted octanol–water partition coefficient (Wildman–Crippen LogP) is 2.48. The number of fused-ring (bicyclic) bond motifs is 1. The molecule has 1 aromatic carbocycles. The molecule has 1 aromatic rings. The second-order valence-corrected chi connectivity index (χ2v) is 9.26. The average Bonchev–Trinajstić information content (AvgIpc) is 2.97. The van der Waals surface area contributed by atoms with E-state index in [1.807, 2.05) is 42.2 Å². The van der Waals surface area contributed by atoms with E-state index in [-0.39, 0.29) is 28.7 Å². The summed E-state index contributed by atoms with van der Waals surface area (Å²) in [5, 5.41) is 0.597. The standard InChI is InChI=1S/C16H20N2O3S2/c1-2-3-9-15(19)17-16-18(12-7-5-4-6-8-12)13-10-23(20,21)11-14(13)22-16/h4-8,13-14H,2-3,9-11H2,1H3. The lowest BCUT2D eigenvalue weighted by molar-refractivity contribution is -0.117. The number of thioether (sulfide) groups is 1. The Morgan fingerprint density at radius 3 is 2.74 bits per heavy atom. The number of para-hydroxylation sites is 1. The van der Waals surface area contributed by atoms with Gasteiger partial charge in [0.25, 0.3) is 0 Å². The fourth-order valence-electron chi connectivity index (χ4n) is 2.95. The van der Waals surface area contributed by atoms with Crippen LogP contribution in [-0.4, -0.2) is 42.3 Å². The molecule has 2 aliphatic rings. The van der Waals surface area contributed by atoms with Gasteiger partial charge in [-0.2, -0.15) is 4.99 Å². The van der Waals surface area contributed by atoms with Gasteiger partial charge in [-0.3, -0.25) is 4.79 Å². The number of rotatable bonds is 4. The minimum atomic E-state index is -3.01. The van der Waals surface area contributed by atoms with Crippen molar-refractivity contribution in [2.45, 2.75) is 37.5 Å². The first-order chi connectivity index (χ1) is 11.0. The summed E-state index contributed by atoms with van der Waals surface area (Å²) in [5.74, 6) is 0.161. The molecule has 1 amide bonds. The Hall–Kier alpha value is -1.34. The SMILES string of the molecule is CCCCC(=O)N=C1SC2CS(=O)(=O)CC2N1c1ccccc1. The van der Waals surface area contributed by atoms with Gasteiger partial charge in [-0.1, -0.05) is 43.3 Å². The number of sulfone groups is 1. The van der Waals surface area contributed by atoms with Gasteiger partial charge in [0.15, 0.2) is 15.0 Å². The van der Waals surface area contributed by atoms with Gasteiger partial charge in [-0.25, -0.2) is 8.42 Å². The Kier molecular flexibility index (Phi) is 4.77. The maximum atomic E-state index is 12.0. The molecule has 0 aromatic heterocycles. The first-order valence-corrected chi connectivity index (χ1v) is 10.5. The molecule has 0 radical (unpaired) electrons. The molecule has 0 N–H and O–H groups in total. The Labute approximate surface area is 141 Å². The number of hydrogen-bond donors (Lipinski definition) is 0. The van der Waals surface area contributed by atoms with Crippen LogP contribution < -0.4 is 4.90 Å². The van der Waals surface area contributed by atoms with Crippen LogP contribution in [0.1, 0.15) is 26.2 Å². The highest BCUT2D eigenvalue weighted by molar-refractivity contribution is 8.16. The zero-order valence-corrected chi connectivity index (χ0v) is 14.6. The highest BCUT2D eigenvalue weighted by atomic mass is 32.2. The van der Waals surface area contributed by atoms with Crippen molar-refractivity contribution in [1.29, 1.82) is 0 Å². The van der Waals surface area contributed by atoms with Gasteiger partial charge >= 0.3 is 0 Å². The van der Waals surface area contributed by atoms with E-state index in [9.17, 15) is 13.2 Å². The number of anilines is 1. The van der Waals surface area contributed by atoms with E-state index in [0.29, 0.717) is 11.6 Å². The molecule has 2 atom stereocenters. The zero-order valence-electron chi connectivity index (χ0n) is 13.0. The summed E-state index contributed by atoms with van der Waals surface area (Å²) in [4.78, 5) is 18.2. The third kappa shape index (κ3) is 3.61. The highest BCUT2D eigenvalue weighted by Crippen LogP contribution is 2.40. The quantitative estimate of drug-likeness (QED) is 0.833. The van der Waals surface area contributed by atoms with Gasteiger partial charge in [0.2, 0.25) is 5.91 Å². The maximum absolute atomic E-state index is 12.0. The molecule has 2 heterocycles. The first-order valence-electron chi connectivity index (χ1n) is 7.83. The van der Waals surface area contributed by atoms with Gasteiger partial charge in [0.05, 0.1) is 17.5 Å². The molecule has 23 heavy (non-hydrogen) atoms. The van der Waals surface area contributed by atoms with Crippen molar-refractivity contribution >= 4 is 38.4 Å². The van der Waals surface area contributed by atoms with Crippen LogP contribution in [-0.2, 0) is 14.6 Å². The molecule has 2 aliphatic heterocycles. The second kappa shape index (κ2) is 6.65. The van der Waals surface area contributed by atoms with Gasteiger partial charge in [0, 0.05) is 17.4 Å². The number of amides is 1. The molecule has 7 heteroatoms. The minimum absolute atomic E-state index is 0.0436. The molecule has 0 bridgehead atoms. The number of aliphatic imine (C=N–C) groups is 1. The number of unbranched alkanes of at least 4 members (excludes halogenated alkanes) is 1. The summed E-state index contributed by atoms with van der Waals surface area (Å²) < 4.78 is 23.9. The van der Waals surface area contributed by atoms with Crippen LogP contribution in [0.15, 0.2) is 35.3 Å². The van der Waals surface area contributed by atoms with Crippen LogP contribution in [0.2, 0.25) is 0 Å². The number of amidine groups is 1. The predicted molar refractivity (Wildman–Crippen MR) is 94.7 cm³/mol. The van der Waals surface area contributed by atoms with E-state index in [0.717, 1.165) is 18.5 Å². The largest absolute Gasteiger partial charge is 0.316 e. The van der Waals surface area contributed by atoms with E-state index in [1.165, 1.54) is 11.8 Å². The molecule has 0 spiro atoms. The Balaban J connectivity index is 1.91. The van der Waals surface area contributed by atoms with E-state index in [2.05, 4.69) is 4.99 Å². The van der Waals surface area contributed by atoms with E-state index in [1.54, 1.807) is 0 Å². The third-order valence-corrected chi connectivity index (χ3v) is 7.28. The fraction of sp³-hybridized carbons (Fsp3) is 0.500. The summed E-state index contributed by atoms with van der Waals surface area (Å²) in [6.45, 7) is 2.04. The number of carbonyl (C=O) groups excluding carboxylic acids is 1. The van der Waals surface area contributed by atoms with Gasteiger partial charge < -0.3 is 4.90 Å².